The maximum atomic E-state index is 6.42. The van der Waals surface area contributed by atoms with Crippen molar-refractivity contribution in [1.82, 2.24) is 0 Å². The molecule has 0 bridgehead atoms. The van der Waals surface area contributed by atoms with Gasteiger partial charge in [-0.05, 0) is 119 Å². The molecule has 6 nitrogen and oxygen atoms in total. The van der Waals surface area contributed by atoms with E-state index < -0.39 is 10.2 Å². The summed E-state index contributed by atoms with van der Waals surface area (Å²) in [5.74, 6) is 0. The first-order chi connectivity index (χ1) is 14.5. The van der Waals surface area contributed by atoms with Gasteiger partial charge >= 0.3 is 0 Å². The highest BCUT2D eigenvalue weighted by Gasteiger charge is 2.50. The minimum Gasteiger partial charge on any atom is -0.369 e. The molecule has 0 aromatic rings. The van der Waals surface area contributed by atoms with Crippen molar-refractivity contribution in [3.63, 3.8) is 0 Å². The highest BCUT2D eigenvalue weighted by Crippen LogP contribution is 2.52. The van der Waals surface area contributed by atoms with Gasteiger partial charge in [-0.1, -0.05) is 0 Å². The summed E-state index contributed by atoms with van der Waals surface area (Å²) in [6, 6.07) is 0. The average Bonchev–Trinajstić information content (AvgIpc) is 2.56. The molecule has 32 heavy (non-hydrogen) atoms. The van der Waals surface area contributed by atoms with Gasteiger partial charge in [0.15, 0.2) is 0 Å². The molecule has 0 aliphatic carbocycles. The Bertz CT molecular complexity index is 433. The van der Waals surface area contributed by atoms with Gasteiger partial charge in [0.05, 0.1) is 36.6 Å². The Morgan fingerprint density at radius 2 is 0.594 bits per heavy atom. The third-order valence-electron chi connectivity index (χ3n) is 3.82. The van der Waals surface area contributed by atoms with Crippen molar-refractivity contribution in [1.29, 1.82) is 0 Å². The molecule has 8 heteroatoms. The van der Waals surface area contributed by atoms with Crippen LogP contribution >= 0.6 is 21.6 Å². The fraction of sp³-hybridized carbons (Fsp3) is 1.00. The maximum absolute atomic E-state index is 6.42. The highest BCUT2D eigenvalue weighted by atomic mass is 33.1. The first-order valence-corrected chi connectivity index (χ1v) is 14.1. The lowest BCUT2D eigenvalue weighted by molar-refractivity contribution is -0.264. The van der Waals surface area contributed by atoms with Crippen molar-refractivity contribution in [2.75, 3.05) is 0 Å². The second kappa shape index (κ2) is 14.8. The van der Waals surface area contributed by atoms with Crippen LogP contribution in [0.1, 0.15) is 96.9 Å². The fourth-order valence-corrected chi connectivity index (χ4v) is 6.59. The van der Waals surface area contributed by atoms with Gasteiger partial charge in [0.1, 0.15) is 12.2 Å². The molecular weight excluding hydrogens is 448 g/mol. The van der Waals surface area contributed by atoms with E-state index in [1.807, 2.05) is 96.9 Å². The van der Waals surface area contributed by atoms with Gasteiger partial charge < -0.3 is 28.4 Å². The summed E-state index contributed by atoms with van der Waals surface area (Å²) in [4.78, 5) is 0. The van der Waals surface area contributed by atoms with E-state index >= 15 is 0 Å². The second-order valence-electron chi connectivity index (χ2n) is 9.69. The lowest BCUT2D eigenvalue weighted by Gasteiger charge is -2.44. The molecule has 0 rings (SSSR count). The van der Waals surface area contributed by atoms with Gasteiger partial charge in [0.25, 0.3) is 10.2 Å². The second-order valence-corrected chi connectivity index (χ2v) is 12.2. The van der Waals surface area contributed by atoms with E-state index in [9.17, 15) is 0 Å². The van der Waals surface area contributed by atoms with E-state index in [0.717, 1.165) is 0 Å². The summed E-state index contributed by atoms with van der Waals surface area (Å²) in [6.07, 6.45) is -0.941. The Balaban J connectivity index is 6.28. The first kappa shape index (κ1) is 32.5. The quantitative estimate of drug-likeness (QED) is 0.157. The fourth-order valence-electron chi connectivity index (χ4n) is 3.07. The van der Waals surface area contributed by atoms with Crippen molar-refractivity contribution in [3.8, 4) is 0 Å². The predicted molar refractivity (Wildman–Crippen MR) is 137 cm³/mol. The van der Waals surface area contributed by atoms with Crippen molar-refractivity contribution < 1.29 is 28.4 Å². The zero-order valence-corrected chi connectivity index (χ0v) is 24.5. The number of hydrogen-bond acceptors (Lipinski definition) is 8. The monoisotopic (exact) mass is 498 g/mol. The zero-order chi connectivity index (χ0) is 25.3. The number of rotatable bonds is 17. The number of ether oxygens (including phenoxy) is 6. The Morgan fingerprint density at radius 3 is 0.750 bits per heavy atom. The van der Waals surface area contributed by atoms with Crippen LogP contribution < -0.4 is 0 Å². The van der Waals surface area contributed by atoms with Gasteiger partial charge in [-0.15, -0.1) is 0 Å². The lowest BCUT2D eigenvalue weighted by atomic mass is 10.3. The molecule has 0 saturated carbocycles. The van der Waals surface area contributed by atoms with Crippen LogP contribution in [0.25, 0.3) is 0 Å². The number of hydrogen-bond donors (Lipinski definition) is 0. The Morgan fingerprint density at radius 1 is 0.375 bits per heavy atom. The molecule has 0 spiro atoms. The Hall–Kier alpha value is 0.460. The SMILES string of the molecule is CC(C)OC(C)C(OC(C)C)(OC(C)C)SSC(OC(C)C)(OC(C)C)C(C)OC(C)C. The molecule has 0 aromatic carbocycles. The van der Waals surface area contributed by atoms with Gasteiger partial charge in [-0.2, -0.15) is 0 Å². The van der Waals surface area contributed by atoms with Crippen LogP contribution in [0.4, 0.5) is 0 Å². The van der Waals surface area contributed by atoms with E-state index in [2.05, 4.69) is 0 Å². The topological polar surface area (TPSA) is 55.4 Å². The minimum atomic E-state index is -1.07. The van der Waals surface area contributed by atoms with Crippen LogP contribution in [-0.2, 0) is 28.4 Å². The molecule has 2 unspecified atom stereocenters. The molecule has 0 aromatic heterocycles. The maximum Gasteiger partial charge on any atom is 0.255 e. The van der Waals surface area contributed by atoms with Crippen molar-refractivity contribution in [2.45, 2.75) is 156 Å². The largest absolute Gasteiger partial charge is 0.369 e. The molecule has 0 saturated heterocycles. The van der Waals surface area contributed by atoms with Crippen LogP contribution in [0.2, 0.25) is 0 Å². The molecule has 0 aliphatic rings. The summed E-state index contributed by atoms with van der Waals surface area (Å²) in [7, 11) is 2.88. The molecule has 0 aliphatic heterocycles. The summed E-state index contributed by atoms with van der Waals surface area (Å²) in [6.45, 7) is 28.0. The third kappa shape index (κ3) is 11.7. The summed E-state index contributed by atoms with van der Waals surface area (Å²) >= 11 is 0. The molecule has 0 amide bonds. The van der Waals surface area contributed by atoms with Crippen LogP contribution in [0.3, 0.4) is 0 Å². The molecule has 0 fully saturated rings. The third-order valence-corrected chi connectivity index (χ3v) is 7.06. The minimum absolute atomic E-state index is 0.0216. The average molecular weight is 499 g/mol. The van der Waals surface area contributed by atoms with E-state index in [0.29, 0.717) is 0 Å². The van der Waals surface area contributed by atoms with E-state index in [1.165, 1.54) is 21.6 Å². The van der Waals surface area contributed by atoms with Crippen LogP contribution in [0.15, 0.2) is 0 Å². The van der Waals surface area contributed by atoms with Gasteiger partial charge in [0, 0.05) is 0 Å². The molecule has 2 atom stereocenters. The Labute approximate surface area is 205 Å². The van der Waals surface area contributed by atoms with Crippen molar-refractivity contribution in [3.05, 3.63) is 0 Å². The van der Waals surface area contributed by atoms with Gasteiger partial charge in [-0.3, -0.25) is 0 Å². The van der Waals surface area contributed by atoms with Gasteiger partial charge in [0.2, 0.25) is 0 Å². The summed E-state index contributed by atoms with van der Waals surface area (Å²) < 4.78 is 38.0. The summed E-state index contributed by atoms with van der Waals surface area (Å²) in [5.41, 5.74) is 0. The normalized spacial score (nSPS) is 15.8. The highest BCUT2D eigenvalue weighted by molar-refractivity contribution is 8.77. The van der Waals surface area contributed by atoms with E-state index in [1.54, 1.807) is 0 Å². The summed E-state index contributed by atoms with van der Waals surface area (Å²) in [5, 5.41) is -2.14. The van der Waals surface area contributed by atoms with E-state index in [-0.39, 0.29) is 48.8 Å². The molecular formula is C24H50O6S2. The smallest absolute Gasteiger partial charge is 0.255 e. The first-order valence-electron chi connectivity index (χ1n) is 11.9. The van der Waals surface area contributed by atoms with E-state index in [4.69, 9.17) is 28.4 Å². The van der Waals surface area contributed by atoms with Crippen LogP contribution in [0.5, 0.6) is 0 Å². The molecule has 194 valence electrons. The van der Waals surface area contributed by atoms with Gasteiger partial charge in [-0.25, -0.2) is 0 Å². The molecule has 0 heterocycles. The molecule has 0 radical (unpaired) electrons. The zero-order valence-electron chi connectivity index (χ0n) is 22.9. The molecule has 0 N–H and O–H groups in total. The predicted octanol–water partition coefficient (Wildman–Crippen LogP) is 7.00. The van der Waals surface area contributed by atoms with Crippen LogP contribution in [-0.4, -0.2) is 59.1 Å². The lowest BCUT2D eigenvalue weighted by Crippen LogP contribution is -2.51. The Kier molecular flexibility index (Phi) is 15.0. The van der Waals surface area contributed by atoms with Crippen molar-refractivity contribution >= 4 is 21.6 Å². The standard InChI is InChI=1S/C24H50O6S2/c1-15(2)25-21(13)23(27-17(5)6,28-18(7)8)31-32-24(29-19(9)10,30-20(11)12)22(14)26-16(3)4/h15-22H,1-14H3. The van der Waals surface area contributed by atoms with Crippen LogP contribution in [0, 0.1) is 0 Å². The van der Waals surface area contributed by atoms with Crippen molar-refractivity contribution in [2.24, 2.45) is 0 Å².